The Morgan fingerprint density at radius 1 is 1.02 bits per heavy atom. The number of hydrogen-bond acceptors (Lipinski definition) is 7. The number of tetrazole rings is 1. The molecule has 2 fully saturated rings. The van der Waals surface area contributed by atoms with Crippen LogP contribution in [0.15, 0.2) is 48.5 Å². The fourth-order valence-electron chi connectivity index (χ4n) is 5.76. The van der Waals surface area contributed by atoms with Crippen LogP contribution in [0.2, 0.25) is 0 Å². The number of aromatic nitrogens is 4. The molecule has 2 aliphatic rings. The number of halogens is 6. The first-order chi connectivity index (χ1) is 18.7. The van der Waals surface area contributed by atoms with Crippen LogP contribution in [0.1, 0.15) is 53.3 Å². The molecule has 0 saturated carbocycles. The van der Waals surface area contributed by atoms with E-state index in [2.05, 4.69) is 20.8 Å². The summed E-state index contributed by atoms with van der Waals surface area (Å²) in [6.07, 6.45) is -8.14. The molecule has 0 radical (unpaired) electrons. The minimum atomic E-state index is -4.96. The van der Waals surface area contributed by atoms with Crippen LogP contribution < -0.4 is 5.32 Å². The predicted molar refractivity (Wildman–Crippen MR) is 129 cm³/mol. The molecule has 1 aromatic heterocycles. The predicted octanol–water partition coefficient (Wildman–Crippen LogP) is 4.43. The van der Waals surface area contributed by atoms with Crippen molar-refractivity contribution in [3.8, 4) is 0 Å². The quantitative estimate of drug-likeness (QED) is 0.407. The van der Waals surface area contributed by atoms with Gasteiger partial charge in [0.2, 0.25) is 0 Å². The highest BCUT2D eigenvalue weighted by Gasteiger charge is 2.56. The van der Waals surface area contributed by atoms with Gasteiger partial charge in [0.15, 0.2) is 15.7 Å². The maximum atomic E-state index is 13.4. The lowest BCUT2D eigenvalue weighted by atomic mass is 9.80. The second kappa shape index (κ2) is 10.1. The average molecular weight is 590 g/mol. The highest BCUT2D eigenvalue weighted by atomic mass is 32.2. The molecular formula is C25H25F6N5O3S. The Bertz CT molecular complexity index is 1450. The molecule has 3 heterocycles. The zero-order chi connectivity index (χ0) is 28.9. The highest BCUT2D eigenvalue weighted by Crippen LogP contribution is 2.50. The minimum absolute atomic E-state index is 0.0873. The third-order valence-corrected chi connectivity index (χ3v) is 8.11. The number of nitrogens with one attached hydrogen (secondary N) is 1. The highest BCUT2D eigenvalue weighted by molar-refractivity contribution is 7.89. The van der Waals surface area contributed by atoms with Crippen LogP contribution >= 0.6 is 0 Å². The van der Waals surface area contributed by atoms with E-state index in [4.69, 9.17) is 4.74 Å². The van der Waals surface area contributed by atoms with Gasteiger partial charge in [-0.1, -0.05) is 30.3 Å². The van der Waals surface area contributed by atoms with Crippen LogP contribution in [0.4, 0.5) is 26.3 Å². The maximum Gasteiger partial charge on any atom is 0.416 e. The Kier molecular flexibility index (Phi) is 7.19. The van der Waals surface area contributed by atoms with E-state index in [1.54, 1.807) is 0 Å². The molecular weight excluding hydrogens is 564 g/mol. The Hall–Kier alpha value is -3.04. The van der Waals surface area contributed by atoms with Gasteiger partial charge in [0.1, 0.15) is 5.88 Å². The normalized spacial score (nSPS) is 25.3. The van der Waals surface area contributed by atoms with E-state index in [9.17, 15) is 34.8 Å². The monoisotopic (exact) mass is 589 g/mol. The van der Waals surface area contributed by atoms with E-state index < -0.39 is 57.4 Å². The van der Waals surface area contributed by atoms with Gasteiger partial charge in [-0.2, -0.15) is 26.3 Å². The number of sulfone groups is 1. The smallest absolute Gasteiger partial charge is 0.371 e. The van der Waals surface area contributed by atoms with Gasteiger partial charge in [0.25, 0.3) is 0 Å². The van der Waals surface area contributed by atoms with Crippen molar-refractivity contribution in [2.75, 3.05) is 6.26 Å². The number of piperidine rings is 1. The number of rotatable bonds is 7. The van der Waals surface area contributed by atoms with E-state index in [1.165, 1.54) is 4.68 Å². The van der Waals surface area contributed by atoms with E-state index >= 15 is 0 Å². The van der Waals surface area contributed by atoms with E-state index in [1.807, 2.05) is 30.3 Å². The molecule has 4 atom stereocenters. The van der Waals surface area contributed by atoms with Crippen molar-refractivity contribution >= 4 is 9.84 Å². The lowest BCUT2D eigenvalue weighted by Crippen LogP contribution is -2.54. The number of alkyl halides is 6. The number of benzene rings is 2. The van der Waals surface area contributed by atoms with Crippen LogP contribution in [-0.2, 0) is 44.9 Å². The van der Waals surface area contributed by atoms with Gasteiger partial charge in [-0.15, -0.1) is 5.10 Å². The van der Waals surface area contributed by atoms with E-state index in [0.717, 1.165) is 11.8 Å². The fraction of sp³-hybridized carbons (Fsp3) is 0.480. The van der Waals surface area contributed by atoms with Crippen molar-refractivity contribution in [2.24, 2.45) is 0 Å². The van der Waals surface area contributed by atoms with Crippen LogP contribution in [0.5, 0.6) is 0 Å². The van der Waals surface area contributed by atoms with Gasteiger partial charge < -0.3 is 10.1 Å². The van der Waals surface area contributed by atoms with Crippen LogP contribution in [-0.4, -0.2) is 47.0 Å². The molecule has 2 aromatic carbocycles. The van der Waals surface area contributed by atoms with Crippen LogP contribution in [0.25, 0.3) is 0 Å². The third-order valence-electron chi connectivity index (χ3n) is 7.40. The summed E-state index contributed by atoms with van der Waals surface area (Å²) < 4.78 is 111. The second-order valence-corrected chi connectivity index (χ2v) is 12.4. The van der Waals surface area contributed by atoms with Gasteiger partial charge in [-0.05, 0) is 59.0 Å². The lowest BCUT2D eigenvalue weighted by Gasteiger charge is -2.42. The summed E-state index contributed by atoms with van der Waals surface area (Å²) in [6.45, 7) is -0.477. The summed E-state index contributed by atoms with van der Waals surface area (Å²) >= 11 is 0. The second-order valence-electron chi connectivity index (χ2n) is 10.3. The molecule has 40 heavy (non-hydrogen) atoms. The SMILES string of the molecule is CS(=O)(=O)Cn1nnnc1C1CC2(c3ccccc3)NC1CCC2OCc1cc(C(F)(F)F)cc(C(F)(F)F)c1. The summed E-state index contributed by atoms with van der Waals surface area (Å²) in [7, 11) is -3.45. The molecule has 8 nitrogen and oxygen atoms in total. The minimum Gasteiger partial charge on any atom is -0.371 e. The Morgan fingerprint density at radius 3 is 2.27 bits per heavy atom. The van der Waals surface area contributed by atoms with Crippen molar-refractivity contribution in [3.05, 3.63) is 76.6 Å². The molecule has 5 rings (SSSR count). The number of fused-ring (bicyclic) bond motifs is 2. The molecule has 0 amide bonds. The van der Waals surface area contributed by atoms with Crippen molar-refractivity contribution in [1.29, 1.82) is 0 Å². The van der Waals surface area contributed by atoms with Gasteiger partial charge in [0, 0.05) is 18.2 Å². The van der Waals surface area contributed by atoms with Crippen molar-refractivity contribution in [2.45, 2.75) is 67.7 Å². The molecule has 0 aliphatic carbocycles. The molecule has 2 saturated heterocycles. The molecule has 1 N–H and O–H groups in total. The molecule has 3 aromatic rings. The van der Waals surface area contributed by atoms with Crippen LogP contribution in [0.3, 0.4) is 0 Å². The molecule has 2 aliphatic heterocycles. The first-order valence-electron chi connectivity index (χ1n) is 12.3. The van der Waals surface area contributed by atoms with E-state index in [0.29, 0.717) is 37.2 Å². The molecule has 0 spiro atoms. The van der Waals surface area contributed by atoms with Crippen molar-refractivity contribution < 1.29 is 39.5 Å². The molecule has 4 unspecified atom stereocenters. The standard InChI is InChI=1S/C25H25F6N5O3S/c1-40(37,38)14-36-22(33-34-35-36)19-12-23(16-5-3-2-4-6-16)21(8-7-20(19)32-23)39-13-15-9-17(24(26,27)28)11-18(10-15)25(29,30)31/h2-6,9-11,19-21,32H,7-8,12-14H2,1H3. The third kappa shape index (κ3) is 5.72. The number of hydrogen-bond donors (Lipinski definition) is 1. The van der Waals surface area contributed by atoms with Crippen molar-refractivity contribution in [1.82, 2.24) is 25.5 Å². The van der Waals surface area contributed by atoms with Crippen molar-refractivity contribution in [3.63, 3.8) is 0 Å². The maximum absolute atomic E-state index is 13.4. The number of ether oxygens (including phenoxy) is 1. The average Bonchev–Trinajstić information content (AvgIpc) is 3.44. The molecule has 15 heteroatoms. The van der Waals surface area contributed by atoms with E-state index in [-0.39, 0.29) is 23.6 Å². The Labute approximate surface area is 225 Å². The zero-order valence-electron chi connectivity index (χ0n) is 21.1. The Balaban J connectivity index is 1.47. The first kappa shape index (κ1) is 28.5. The molecule has 216 valence electrons. The number of nitrogens with zero attached hydrogens (tertiary/aromatic N) is 4. The molecule has 2 bridgehead atoms. The summed E-state index contributed by atoms with van der Waals surface area (Å²) in [5.41, 5.74) is -3.11. The first-order valence-corrected chi connectivity index (χ1v) is 14.4. The summed E-state index contributed by atoms with van der Waals surface area (Å²) in [6, 6.07) is 10.4. The Morgan fingerprint density at radius 2 is 1.68 bits per heavy atom. The van der Waals surface area contributed by atoms with Gasteiger partial charge in [-0.3, -0.25) is 0 Å². The van der Waals surface area contributed by atoms with Crippen LogP contribution in [0, 0.1) is 0 Å². The lowest BCUT2D eigenvalue weighted by molar-refractivity contribution is -0.143. The zero-order valence-corrected chi connectivity index (χ0v) is 21.9. The van der Waals surface area contributed by atoms with Gasteiger partial charge >= 0.3 is 12.4 Å². The fourth-order valence-corrected chi connectivity index (χ4v) is 6.39. The summed E-state index contributed by atoms with van der Waals surface area (Å²) in [4.78, 5) is 0. The topological polar surface area (TPSA) is 99.0 Å². The van der Waals surface area contributed by atoms with Gasteiger partial charge in [-0.25, -0.2) is 13.1 Å². The van der Waals surface area contributed by atoms with Gasteiger partial charge in [0.05, 0.1) is 29.4 Å². The summed E-state index contributed by atoms with van der Waals surface area (Å²) in [5, 5.41) is 15.2. The largest absolute Gasteiger partial charge is 0.416 e. The summed E-state index contributed by atoms with van der Waals surface area (Å²) in [5.74, 6) is -0.363.